The first-order valence-corrected chi connectivity index (χ1v) is 7.49. The Hall–Kier alpha value is -1.27. The van der Waals surface area contributed by atoms with E-state index < -0.39 is 11.6 Å². The molecule has 0 aliphatic heterocycles. The van der Waals surface area contributed by atoms with Gasteiger partial charge >= 0.3 is 0 Å². The van der Waals surface area contributed by atoms with Crippen LogP contribution in [0.2, 0.25) is 0 Å². The molecule has 6 heteroatoms. The molecule has 0 aromatic heterocycles. The third-order valence-corrected chi connectivity index (χ3v) is 4.44. The van der Waals surface area contributed by atoms with Crippen molar-refractivity contribution < 1.29 is 13.5 Å². The Labute approximate surface area is 128 Å². The van der Waals surface area contributed by atoms with Gasteiger partial charge in [-0.15, -0.1) is 11.8 Å². The first kappa shape index (κ1) is 15.1. The summed E-state index contributed by atoms with van der Waals surface area (Å²) in [5.74, 6) is -0.357. The van der Waals surface area contributed by atoms with Crippen molar-refractivity contribution in [2.45, 2.75) is 10.6 Å². The zero-order valence-corrected chi connectivity index (χ0v) is 13.0. The van der Waals surface area contributed by atoms with Crippen molar-refractivity contribution in [3.8, 4) is 5.75 Å². The Morgan fingerprint density at radius 1 is 1.25 bits per heavy atom. The molecule has 0 bridgehead atoms. The Bertz CT molecular complexity index is 637. The van der Waals surface area contributed by atoms with Gasteiger partial charge < -0.3 is 10.5 Å². The highest BCUT2D eigenvalue weighted by Crippen LogP contribution is 2.33. The number of ether oxygens (including phenoxy) is 1. The molecule has 0 fully saturated rings. The van der Waals surface area contributed by atoms with E-state index in [1.807, 2.05) is 0 Å². The van der Waals surface area contributed by atoms with Gasteiger partial charge in [0.15, 0.2) is 0 Å². The standard InChI is InChI=1S/C14H12BrF2NOS/c1-19-8-2-5-12(18)13(6-8)20-7-9-11(16)4-3-10(15)14(9)17/h2-6H,7,18H2,1H3. The Kier molecular flexibility index (Phi) is 4.88. The van der Waals surface area contributed by atoms with Gasteiger partial charge in [-0.1, -0.05) is 0 Å². The zero-order chi connectivity index (χ0) is 14.7. The number of rotatable bonds is 4. The molecule has 2 N–H and O–H groups in total. The molecule has 0 spiro atoms. The van der Waals surface area contributed by atoms with Gasteiger partial charge in [-0.2, -0.15) is 0 Å². The fourth-order valence-electron chi connectivity index (χ4n) is 1.62. The van der Waals surface area contributed by atoms with E-state index >= 15 is 0 Å². The average Bonchev–Trinajstić information content (AvgIpc) is 2.45. The van der Waals surface area contributed by atoms with Crippen molar-refractivity contribution in [2.24, 2.45) is 0 Å². The molecule has 0 saturated carbocycles. The van der Waals surface area contributed by atoms with Crippen LogP contribution in [-0.2, 0) is 5.75 Å². The van der Waals surface area contributed by atoms with E-state index in [2.05, 4.69) is 15.9 Å². The Morgan fingerprint density at radius 2 is 2.00 bits per heavy atom. The van der Waals surface area contributed by atoms with Crippen molar-refractivity contribution >= 4 is 33.4 Å². The predicted octanol–water partition coefficient (Wildman–Crippen LogP) is 4.61. The van der Waals surface area contributed by atoms with Gasteiger partial charge in [0.05, 0.1) is 11.6 Å². The summed E-state index contributed by atoms with van der Waals surface area (Å²) < 4.78 is 32.9. The number of nitrogens with two attached hydrogens (primary N) is 1. The van der Waals surface area contributed by atoms with Crippen molar-refractivity contribution in [3.63, 3.8) is 0 Å². The molecular formula is C14H12BrF2NOS. The van der Waals surface area contributed by atoms with Gasteiger partial charge in [0.1, 0.15) is 17.4 Å². The van der Waals surface area contributed by atoms with Gasteiger partial charge in [-0.25, -0.2) is 8.78 Å². The summed E-state index contributed by atoms with van der Waals surface area (Å²) in [7, 11) is 1.55. The van der Waals surface area contributed by atoms with E-state index in [0.717, 1.165) is 4.90 Å². The first-order valence-electron chi connectivity index (χ1n) is 5.71. The van der Waals surface area contributed by atoms with E-state index in [1.165, 1.54) is 23.9 Å². The Balaban J connectivity index is 2.23. The Morgan fingerprint density at radius 3 is 2.70 bits per heavy atom. The second kappa shape index (κ2) is 6.45. The number of anilines is 1. The number of hydrogen-bond acceptors (Lipinski definition) is 3. The van der Waals surface area contributed by atoms with Crippen LogP contribution in [0, 0.1) is 11.6 Å². The summed E-state index contributed by atoms with van der Waals surface area (Å²) >= 11 is 4.31. The lowest BCUT2D eigenvalue weighted by atomic mass is 10.2. The van der Waals surface area contributed by atoms with Gasteiger partial charge in [0.2, 0.25) is 0 Å². The first-order chi connectivity index (χ1) is 9.52. The molecule has 0 radical (unpaired) electrons. The van der Waals surface area contributed by atoms with Gasteiger partial charge in [0, 0.05) is 21.9 Å². The van der Waals surface area contributed by atoms with Crippen LogP contribution in [-0.4, -0.2) is 7.11 Å². The van der Waals surface area contributed by atoms with E-state index in [1.54, 1.807) is 25.3 Å². The molecule has 2 rings (SSSR count). The summed E-state index contributed by atoms with van der Waals surface area (Å²) in [5.41, 5.74) is 6.41. The molecule has 0 atom stereocenters. The predicted molar refractivity (Wildman–Crippen MR) is 81.0 cm³/mol. The van der Waals surface area contributed by atoms with E-state index in [4.69, 9.17) is 10.5 Å². The van der Waals surface area contributed by atoms with E-state index in [9.17, 15) is 8.78 Å². The average molecular weight is 360 g/mol. The van der Waals surface area contributed by atoms with Crippen LogP contribution >= 0.6 is 27.7 Å². The van der Waals surface area contributed by atoms with Crippen molar-refractivity contribution in [1.82, 2.24) is 0 Å². The molecule has 0 amide bonds. The fraction of sp³-hybridized carbons (Fsp3) is 0.143. The van der Waals surface area contributed by atoms with Crippen LogP contribution in [0.1, 0.15) is 5.56 Å². The molecule has 0 unspecified atom stereocenters. The monoisotopic (exact) mass is 359 g/mol. The summed E-state index contributed by atoms with van der Waals surface area (Å²) in [6.45, 7) is 0. The number of nitrogen functional groups attached to an aromatic ring is 1. The lowest BCUT2D eigenvalue weighted by Gasteiger charge is -2.09. The maximum absolute atomic E-state index is 13.9. The van der Waals surface area contributed by atoms with Crippen molar-refractivity contribution in [2.75, 3.05) is 12.8 Å². The third-order valence-electron chi connectivity index (χ3n) is 2.73. The molecule has 20 heavy (non-hydrogen) atoms. The minimum Gasteiger partial charge on any atom is -0.497 e. The van der Waals surface area contributed by atoms with E-state index in [0.29, 0.717) is 11.4 Å². The third kappa shape index (κ3) is 3.24. The minimum atomic E-state index is -0.584. The largest absolute Gasteiger partial charge is 0.497 e. The zero-order valence-electron chi connectivity index (χ0n) is 10.6. The van der Waals surface area contributed by atoms with Crippen molar-refractivity contribution in [3.05, 3.63) is 52.0 Å². The maximum atomic E-state index is 13.9. The molecular weight excluding hydrogens is 348 g/mol. The number of hydrogen-bond donors (Lipinski definition) is 1. The highest BCUT2D eigenvalue weighted by Gasteiger charge is 2.13. The van der Waals surface area contributed by atoms with Crippen molar-refractivity contribution in [1.29, 1.82) is 0 Å². The second-order valence-electron chi connectivity index (χ2n) is 4.01. The SMILES string of the molecule is COc1ccc(N)c(SCc2c(F)ccc(Br)c2F)c1. The molecule has 106 valence electrons. The summed E-state index contributed by atoms with van der Waals surface area (Å²) in [4.78, 5) is 0.725. The van der Waals surface area contributed by atoms with Crippen LogP contribution in [0.4, 0.5) is 14.5 Å². The van der Waals surface area contributed by atoms with Crippen LogP contribution in [0.15, 0.2) is 39.7 Å². The van der Waals surface area contributed by atoms with Crippen LogP contribution in [0.3, 0.4) is 0 Å². The normalized spacial score (nSPS) is 10.6. The summed E-state index contributed by atoms with van der Waals surface area (Å²) in [6.07, 6.45) is 0. The van der Waals surface area contributed by atoms with Crippen LogP contribution in [0.5, 0.6) is 5.75 Å². The van der Waals surface area contributed by atoms with Gasteiger partial charge in [0.25, 0.3) is 0 Å². The molecule has 0 heterocycles. The number of thioether (sulfide) groups is 1. The lowest BCUT2D eigenvalue weighted by molar-refractivity contribution is 0.414. The van der Waals surface area contributed by atoms with E-state index in [-0.39, 0.29) is 15.8 Å². The van der Waals surface area contributed by atoms with Gasteiger partial charge in [-0.05, 0) is 46.3 Å². The highest BCUT2D eigenvalue weighted by atomic mass is 79.9. The van der Waals surface area contributed by atoms with Crippen LogP contribution < -0.4 is 10.5 Å². The molecule has 2 aromatic carbocycles. The second-order valence-corrected chi connectivity index (χ2v) is 5.89. The van der Waals surface area contributed by atoms with Gasteiger partial charge in [-0.3, -0.25) is 0 Å². The summed E-state index contributed by atoms with van der Waals surface area (Å²) in [6, 6.07) is 7.76. The molecule has 0 aliphatic carbocycles. The highest BCUT2D eigenvalue weighted by molar-refractivity contribution is 9.10. The quantitative estimate of drug-likeness (QED) is 0.491. The smallest absolute Gasteiger partial charge is 0.144 e. The molecule has 0 aliphatic rings. The minimum absolute atomic E-state index is 0.0200. The topological polar surface area (TPSA) is 35.2 Å². The number of halogens is 3. The summed E-state index contributed by atoms with van der Waals surface area (Å²) in [5, 5.41) is 0. The molecule has 0 saturated heterocycles. The fourth-order valence-corrected chi connectivity index (χ4v) is 2.99. The molecule has 2 aromatic rings. The molecule has 2 nitrogen and oxygen atoms in total. The lowest BCUT2D eigenvalue weighted by Crippen LogP contribution is -1.96. The number of methoxy groups -OCH3 is 1. The van der Waals surface area contributed by atoms with Crippen LogP contribution in [0.25, 0.3) is 0 Å². The number of benzene rings is 2. The maximum Gasteiger partial charge on any atom is 0.144 e.